The Morgan fingerprint density at radius 1 is 1.37 bits per heavy atom. The van der Waals surface area contributed by atoms with Crippen molar-refractivity contribution in [3.05, 3.63) is 35.0 Å². The first-order valence-electron chi connectivity index (χ1n) is 6.91. The third-order valence-electron chi connectivity index (χ3n) is 4.09. The summed E-state index contributed by atoms with van der Waals surface area (Å²) in [4.78, 5) is 11.7. The molecule has 0 spiro atoms. The van der Waals surface area contributed by atoms with Crippen molar-refractivity contribution in [2.24, 2.45) is 5.84 Å². The van der Waals surface area contributed by atoms with Gasteiger partial charge in [0.2, 0.25) is 0 Å². The molecule has 1 heterocycles. The van der Waals surface area contributed by atoms with Gasteiger partial charge in [0.1, 0.15) is 0 Å². The maximum Gasteiger partial charge on any atom is 0.265 e. The van der Waals surface area contributed by atoms with Gasteiger partial charge in [0.05, 0.1) is 0 Å². The molecule has 2 aromatic rings. The quantitative estimate of drug-likeness (QED) is 0.492. The minimum Gasteiger partial charge on any atom is -0.345 e. The second kappa shape index (κ2) is 4.70. The molecule has 4 heteroatoms. The van der Waals surface area contributed by atoms with Crippen LogP contribution < -0.4 is 11.3 Å². The highest BCUT2D eigenvalue weighted by atomic mass is 16.2. The molecule has 0 saturated carbocycles. The maximum absolute atomic E-state index is 11.7. The van der Waals surface area contributed by atoms with Crippen molar-refractivity contribution in [2.45, 2.75) is 39.2 Å². The molecule has 19 heavy (non-hydrogen) atoms. The SMILES string of the molecule is CCn1c2c(c3cc(C(=O)NN)ccc31)CCCC2. The summed E-state index contributed by atoms with van der Waals surface area (Å²) < 4.78 is 2.38. The van der Waals surface area contributed by atoms with E-state index in [9.17, 15) is 4.79 Å². The molecule has 0 radical (unpaired) electrons. The van der Waals surface area contributed by atoms with E-state index in [1.807, 2.05) is 18.2 Å². The Balaban J connectivity index is 2.25. The van der Waals surface area contributed by atoms with Crippen LogP contribution in [0.15, 0.2) is 18.2 Å². The summed E-state index contributed by atoms with van der Waals surface area (Å²) in [5.74, 6) is 4.99. The van der Waals surface area contributed by atoms with Crippen molar-refractivity contribution < 1.29 is 4.79 Å². The fourth-order valence-corrected chi connectivity index (χ4v) is 3.22. The van der Waals surface area contributed by atoms with Crippen molar-refractivity contribution in [3.63, 3.8) is 0 Å². The van der Waals surface area contributed by atoms with Crippen molar-refractivity contribution >= 4 is 16.8 Å². The smallest absolute Gasteiger partial charge is 0.265 e. The average Bonchev–Trinajstić information content (AvgIpc) is 2.79. The fourth-order valence-electron chi connectivity index (χ4n) is 3.22. The van der Waals surface area contributed by atoms with Crippen LogP contribution in [0.2, 0.25) is 0 Å². The predicted octanol–water partition coefficient (Wildman–Crippen LogP) is 2.14. The minimum absolute atomic E-state index is 0.226. The topological polar surface area (TPSA) is 60.0 Å². The first kappa shape index (κ1) is 12.2. The van der Waals surface area contributed by atoms with Crippen molar-refractivity contribution in [3.8, 4) is 0 Å². The normalized spacial score (nSPS) is 14.4. The van der Waals surface area contributed by atoms with Gasteiger partial charge in [-0.25, -0.2) is 5.84 Å². The summed E-state index contributed by atoms with van der Waals surface area (Å²) in [5.41, 5.74) is 6.95. The summed E-state index contributed by atoms with van der Waals surface area (Å²) in [6.07, 6.45) is 4.77. The molecule has 3 rings (SSSR count). The van der Waals surface area contributed by atoms with Gasteiger partial charge in [-0.2, -0.15) is 0 Å². The van der Waals surface area contributed by atoms with Crippen LogP contribution in [0, 0.1) is 0 Å². The Hall–Kier alpha value is -1.81. The molecular weight excluding hydrogens is 238 g/mol. The van der Waals surface area contributed by atoms with Gasteiger partial charge in [0.25, 0.3) is 5.91 Å². The predicted molar refractivity (Wildman–Crippen MR) is 75.9 cm³/mol. The Kier molecular flexibility index (Phi) is 3.03. The molecule has 0 aliphatic heterocycles. The summed E-state index contributed by atoms with van der Waals surface area (Å²) >= 11 is 0. The van der Waals surface area contributed by atoms with E-state index in [1.165, 1.54) is 35.0 Å². The largest absolute Gasteiger partial charge is 0.345 e. The number of fused-ring (bicyclic) bond motifs is 3. The number of nitrogens with zero attached hydrogens (tertiary/aromatic N) is 1. The van der Waals surface area contributed by atoms with Gasteiger partial charge in [-0.1, -0.05) is 0 Å². The van der Waals surface area contributed by atoms with Crippen LogP contribution in [0.1, 0.15) is 41.4 Å². The number of benzene rings is 1. The number of carbonyl (C=O) groups is 1. The minimum atomic E-state index is -0.226. The number of aromatic nitrogens is 1. The number of hydrogen-bond acceptors (Lipinski definition) is 2. The number of aryl methyl sites for hydroxylation is 2. The molecular formula is C15H19N3O. The summed E-state index contributed by atoms with van der Waals surface area (Å²) in [5, 5.41) is 1.22. The first-order valence-corrected chi connectivity index (χ1v) is 6.91. The monoisotopic (exact) mass is 257 g/mol. The Morgan fingerprint density at radius 3 is 2.89 bits per heavy atom. The van der Waals surface area contributed by atoms with Crippen LogP contribution in [0.5, 0.6) is 0 Å². The highest BCUT2D eigenvalue weighted by Gasteiger charge is 2.20. The molecule has 1 aliphatic rings. The Morgan fingerprint density at radius 2 is 2.16 bits per heavy atom. The number of hydrazine groups is 1. The highest BCUT2D eigenvalue weighted by molar-refractivity contribution is 5.99. The number of rotatable bonds is 2. The van der Waals surface area contributed by atoms with Gasteiger partial charge in [-0.05, 0) is 56.4 Å². The molecule has 1 amide bonds. The van der Waals surface area contributed by atoms with Gasteiger partial charge in [0.15, 0.2) is 0 Å². The Bertz CT molecular complexity index is 642. The van der Waals surface area contributed by atoms with E-state index >= 15 is 0 Å². The lowest BCUT2D eigenvalue weighted by Gasteiger charge is -2.14. The third-order valence-corrected chi connectivity index (χ3v) is 4.09. The lowest BCUT2D eigenvalue weighted by molar-refractivity contribution is 0.0954. The van der Waals surface area contributed by atoms with E-state index in [0.717, 1.165) is 19.4 Å². The maximum atomic E-state index is 11.7. The van der Waals surface area contributed by atoms with Crippen molar-refractivity contribution in [1.82, 2.24) is 9.99 Å². The zero-order chi connectivity index (χ0) is 13.4. The summed E-state index contributed by atoms with van der Waals surface area (Å²) in [7, 11) is 0. The molecule has 1 aromatic carbocycles. The first-order chi connectivity index (χ1) is 9.26. The molecule has 4 nitrogen and oxygen atoms in total. The number of nitrogen functional groups attached to an aromatic ring is 1. The zero-order valence-electron chi connectivity index (χ0n) is 11.2. The number of amides is 1. The van der Waals surface area contributed by atoms with E-state index in [-0.39, 0.29) is 5.91 Å². The summed E-state index contributed by atoms with van der Waals surface area (Å²) in [6.45, 7) is 3.16. The van der Waals surface area contributed by atoms with E-state index in [2.05, 4.69) is 16.9 Å². The molecule has 1 aliphatic carbocycles. The fraction of sp³-hybridized carbons (Fsp3) is 0.400. The van der Waals surface area contributed by atoms with E-state index in [4.69, 9.17) is 5.84 Å². The second-order valence-electron chi connectivity index (χ2n) is 5.08. The number of nitrogens with one attached hydrogen (secondary N) is 1. The van der Waals surface area contributed by atoms with Crippen LogP contribution in [-0.4, -0.2) is 10.5 Å². The van der Waals surface area contributed by atoms with E-state index in [1.54, 1.807) is 0 Å². The summed E-state index contributed by atoms with van der Waals surface area (Å²) in [6, 6.07) is 5.87. The highest BCUT2D eigenvalue weighted by Crippen LogP contribution is 2.32. The molecule has 0 atom stereocenters. The average molecular weight is 257 g/mol. The van der Waals surface area contributed by atoms with E-state index < -0.39 is 0 Å². The van der Waals surface area contributed by atoms with Crippen LogP contribution in [-0.2, 0) is 19.4 Å². The third kappa shape index (κ3) is 1.83. The molecule has 0 fully saturated rings. The Labute approximate surface area is 112 Å². The van der Waals surface area contributed by atoms with Crippen LogP contribution in [0.25, 0.3) is 10.9 Å². The molecule has 100 valence electrons. The van der Waals surface area contributed by atoms with Gasteiger partial charge in [-0.3, -0.25) is 10.2 Å². The lowest BCUT2D eigenvalue weighted by Crippen LogP contribution is -2.29. The van der Waals surface area contributed by atoms with Crippen LogP contribution >= 0.6 is 0 Å². The van der Waals surface area contributed by atoms with Gasteiger partial charge < -0.3 is 4.57 Å². The van der Waals surface area contributed by atoms with E-state index in [0.29, 0.717) is 5.56 Å². The van der Waals surface area contributed by atoms with Crippen molar-refractivity contribution in [2.75, 3.05) is 0 Å². The molecule has 3 N–H and O–H groups in total. The number of hydrogen-bond donors (Lipinski definition) is 2. The second-order valence-corrected chi connectivity index (χ2v) is 5.08. The standard InChI is InChI=1S/C15H19N3O/c1-2-18-13-6-4-3-5-11(13)12-9-10(15(19)17-16)7-8-14(12)18/h7-9H,2-6,16H2,1H3,(H,17,19). The zero-order valence-corrected chi connectivity index (χ0v) is 11.2. The number of carbonyl (C=O) groups excluding carboxylic acids is 1. The van der Waals surface area contributed by atoms with Crippen LogP contribution in [0.3, 0.4) is 0 Å². The van der Waals surface area contributed by atoms with Gasteiger partial charge in [0, 0.05) is 28.7 Å². The van der Waals surface area contributed by atoms with Crippen LogP contribution in [0.4, 0.5) is 0 Å². The molecule has 0 unspecified atom stereocenters. The van der Waals surface area contributed by atoms with Crippen molar-refractivity contribution in [1.29, 1.82) is 0 Å². The molecule has 1 aromatic heterocycles. The lowest BCUT2D eigenvalue weighted by atomic mass is 9.95. The van der Waals surface area contributed by atoms with Gasteiger partial charge in [-0.15, -0.1) is 0 Å². The number of nitrogens with two attached hydrogens (primary N) is 1. The molecule has 0 bridgehead atoms. The molecule has 0 saturated heterocycles. The van der Waals surface area contributed by atoms with Gasteiger partial charge >= 0.3 is 0 Å².